The molecule has 1 aliphatic heterocycles. The van der Waals surface area contributed by atoms with Crippen molar-refractivity contribution in [3.05, 3.63) is 48.0 Å². The Morgan fingerprint density at radius 1 is 1.22 bits per heavy atom. The maximum atomic E-state index is 13.2. The molecule has 32 heavy (non-hydrogen) atoms. The lowest BCUT2D eigenvalue weighted by atomic mass is 10.0. The molecule has 6 nitrogen and oxygen atoms in total. The topological polar surface area (TPSA) is 60.9 Å². The average molecular weight is 455 g/mol. The quantitative estimate of drug-likeness (QED) is 0.433. The first-order valence-corrected chi connectivity index (χ1v) is 12.0. The number of rotatable bonds is 9. The fourth-order valence-corrected chi connectivity index (χ4v) is 4.76. The second-order valence-electron chi connectivity index (χ2n) is 8.18. The molecular formula is C25H30N2O4S. The lowest BCUT2D eigenvalue weighted by molar-refractivity contribution is -0.120. The van der Waals surface area contributed by atoms with Gasteiger partial charge in [0.05, 0.1) is 24.0 Å². The highest BCUT2D eigenvalue weighted by atomic mass is 32.1. The summed E-state index contributed by atoms with van der Waals surface area (Å²) in [5.74, 6) is 1.74. The molecule has 7 heteroatoms. The van der Waals surface area contributed by atoms with Gasteiger partial charge in [0.1, 0.15) is 17.0 Å². The van der Waals surface area contributed by atoms with Gasteiger partial charge in [-0.3, -0.25) is 9.69 Å². The molecule has 3 aromatic rings. The lowest BCUT2D eigenvalue weighted by Gasteiger charge is -2.23. The van der Waals surface area contributed by atoms with Crippen LogP contribution in [0.5, 0.6) is 11.5 Å². The summed E-state index contributed by atoms with van der Waals surface area (Å²) in [5.41, 5.74) is 2.02. The lowest BCUT2D eigenvalue weighted by Crippen LogP contribution is -2.40. The van der Waals surface area contributed by atoms with Crippen molar-refractivity contribution in [1.82, 2.24) is 4.98 Å². The van der Waals surface area contributed by atoms with E-state index in [9.17, 15) is 4.79 Å². The van der Waals surface area contributed by atoms with Crippen LogP contribution < -0.4 is 14.4 Å². The van der Waals surface area contributed by atoms with Gasteiger partial charge in [0, 0.05) is 6.61 Å². The molecule has 2 heterocycles. The third kappa shape index (κ3) is 5.22. The molecule has 0 saturated carbocycles. The maximum absolute atomic E-state index is 13.2. The van der Waals surface area contributed by atoms with E-state index in [0.717, 1.165) is 35.4 Å². The summed E-state index contributed by atoms with van der Waals surface area (Å²) in [7, 11) is 0. The van der Waals surface area contributed by atoms with Crippen LogP contribution in [0, 0.1) is 0 Å². The van der Waals surface area contributed by atoms with Gasteiger partial charge in [-0.25, -0.2) is 4.98 Å². The van der Waals surface area contributed by atoms with Gasteiger partial charge in [-0.05, 0) is 55.5 Å². The normalized spacial score (nSPS) is 15.9. The smallest absolute Gasteiger partial charge is 0.266 e. The fourth-order valence-electron chi connectivity index (χ4n) is 3.75. The van der Waals surface area contributed by atoms with Gasteiger partial charge in [0.15, 0.2) is 11.7 Å². The first kappa shape index (κ1) is 22.6. The number of para-hydroxylation sites is 1. The van der Waals surface area contributed by atoms with E-state index in [-0.39, 0.29) is 18.6 Å². The number of carbonyl (C=O) groups excluding carboxylic acids is 1. The van der Waals surface area contributed by atoms with Crippen LogP contribution in [0.3, 0.4) is 0 Å². The zero-order chi connectivity index (χ0) is 22.5. The molecule has 1 fully saturated rings. The summed E-state index contributed by atoms with van der Waals surface area (Å²) in [6.45, 7) is 7.97. The van der Waals surface area contributed by atoms with Crippen LogP contribution in [-0.2, 0) is 9.53 Å². The minimum Gasteiger partial charge on any atom is -0.492 e. The van der Waals surface area contributed by atoms with E-state index in [4.69, 9.17) is 19.2 Å². The van der Waals surface area contributed by atoms with Crippen LogP contribution in [0.2, 0.25) is 0 Å². The molecule has 1 unspecified atom stereocenters. The van der Waals surface area contributed by atoms with Gasteiger partial charge in [-0.1, -0.05) is 43.4 Å². The van der Waals surface area contributed by atoms with Crippen molar-refractivity contribution in [3.63, 3.8) is 0 Å². The zero-order valence-electron chi connectivity index (χ0n) is 18.9. The van der Waals surface area contributed by atoms with Gasteiger partial charge in [-0.15, -0.1) is 0 Å². The van der Waals surface area contributed by atoms with Gasteiger partial charge in [0.25, 0.3) is 5.91 Å². The molecule has 1 saturated heterocycles. The number of thiazole rings is 1. The van der Waals surface area contributed by atoms with Crippen LogP contribution in [0.1, 0.15) is 45.1 Å². The number of amides is 1. The first-order chi connectivity index (χ1) is 15.5. The monoisotopic (exact) mass is 454 g/mol. The maximum Gasteiger partial charge on any atom is 0.266 e. The van der Waals surface area contributed by atoms with Crippen LogP contribution in [0.15, 0.2) is 42.5 Å². The molecule has 1 aromatic heterocycles. The van der Waals surface area contributed by atoms with Crippen molar-refractivity contribution in [2.75, 3.05) is 31.3 Å². The van der Waals surface area contributed by atoms with Crippen molar-refractivity contribution >= 4 is 32.6 Å². The van der Waals surface area contributed by atoms with E-state index in [1.807, 2.05) is 49.4 Å². The molecule has 0 radical (unpaired) electrons. The zero-order valence-corrected chi connectivity index (χ0v) is 19.7. The van der Waals surface area contributed by atoms with E-state index in [1.165, 1.54) is 16.9 Å². The molecule has 4 rings (SSSR count). The third-order valence-electron chi connectivity index (χ3n) is 5.52. The number of ether oxygens (including phenoxy) is 3. The summed E-state index contributed by atoms with van der Waals surface area (Å²) in [5, 5.41) is 0.645. The number of fused-ring (bicyclic) bond motifs is 1. The molecule has 170 valence electrons. The third-order valence-corrected chi connectivity index (χ3v) is 6.57. The predicted octanol–water partition coefficient (Wildman–Crippen LogP) is 5.41. The highest BCUT2D eigenvalue weighted by Crippen LogP contribution is 2.35. The Morgan fingerprint density at radius 2 is 2.03 bits per heavy atom. The summed E-state index contributed by atoms with van der Waals surface area (Å²) in [6.07, 6.45) is 1.97. The Labute approximate surface area is 193 Å². The molecule has 1 amide bonds. The fraction of sp³-hybridized carbons (Fsp3) is 0.440. The number of carbonyl (C=O) groups is 1. The standard InChI is InChI=1S/C25H30N2O4S/c1-4-29-21-8-5-9-22-24(21)26-25(32-22)27(15-20-7-6-14-30-20)23(28)16-31-19-12-10-18(11-13-19)17(2)3/h5,8-13,17,20H,4,6-7,14-16H2,1-3H3. The minimum absolute atomic E-state index is 0.0163. The van der Waals surface area contributed by atoms with Gasteiger partial charge in [0.2, 0.25) is 0 Å². The molecule has 0 spiro atoms. The number of hydrogen-bond donors (Lipinski definition) is 0. The van der Waals surface area contributed by atoms with Crippen LogP contribution >= 0.6 is 11.3 Å². The van der Waals surface area contributed by atoms with Crippen molar-refractivity contribution in [2.24, 2.45) is 0 Å². The van der Waals surface area contributed by atoms with Crippen molar-refractivity contribution in [1.29, 1.82) is 0 Å². The SMILES string of the molecule is CCOc1cccc2sc(N(CC3CCCO3)C(=O)COc3ccc(C(C)C)cc3)nc12. The summed E-state index contributed by atoms with van der Waals surface area (Å²) >= 11 is 1.49. The minimum atomic E-state index is -0.134. The number of benzene rings is 2. The van der Waals surface area contributed by atoms with Gasteiger partial charge in [-0.2, -0.15) is 0 Å². The molecule has 1 atom stereocenters. The summed E-state index contributed by atoms with van der Waals surface area (Å²) < 4.78 is 18.3. The van der Waals surface area contributed by atoms with Crippen LogP contribution in [0.4, 0.5) is 5.13 Å². The molecule has 0 N–H and O–H groups in total. The predicted molar refractivity (Wildman–Crippen MR) is 128 cm³/mol. The number of aromatic nitrogens is 1. The number of anilines is 1. The first-order valence-electron chi connectivity index (χ1n) is 11.2. The van der Waals surface area contributed by atoms with E-state index in [2.05, 4.69) is 13.8 Å². The Balaban J connectivity index is 1.54. The second-order valence-corrected chi connectivity index (χ2v) is 9.19. The highest BCUT2D eigenvalue weighted by molar-refractivity contribution is 7.22. The van der Waals surface area contributed by atoms with Crippen LogP contribution in [0.25, 0.3) is 10.2 Å². The Morgan fingerprint density at radius 3 is 2.72 bits per heavy atom. The molecule has 0 aliphatic carbocycles. The second kappa shape index (κ2) is 10.3. The van der Waals surface area contributed by atoms with E-state index < -0.39 is 0 Å². The number of hydrogen-bond acceptors (Lipinski definition) is 6. The number of nitrogens with zero attached hydrogens (tertiary/aromatic N) is 2. The van der Waals surface area contributed by atoms with Gasteiger partial charge < -0.3 is 14.2 Å². The van der Waals surface area contributed by atoms with E-state index in [1.54, 1.807) is 4.90 Å². The van der Waals surface area contributed by atoms with E-state index in [0.29, 0.717) is 30.0 Å². The molecule has 1 aliphatic rings. The Kier molecular flexibility index (Phi) is 7.27. The van der Waals surface area contributed by atoms with Crippen molar-refractivity contribution in [2.45, 2.75) is 45.6 Å². The average Bonchev–Trinajstić information content (AvgIpc) is 3.46. The molecular weight excluding hydrogens is 424 g/mol. The summed E-state index contributed by atoms with van der Waals surface area (Å²) in [4.78, 5) is 19.7. The largest absolute Gasteiger partial charge is 0.492 e. The molecule has 0 bridgehead atoms. The van der Waals surface area contributed by atoms with Crippen LogP contribution in [-0.4, -0.2) is 43.4 Å². The van der Waals surface area contributed by atoms with Crippen molar-refractivity contribution in [3.8, 4) is 11.5 Å². The summed E-state index contributed by atoms with van der Waals surface area (Å²) in [6, 6.07) is 13.8. The Hall–Kier alpha value is -2.64. The van der Waals surface area contributed by atoms with Gasteiger partial charge >= 0.3 is 0 Å². The molecule has 2 aromatic carbocycles. The van der Waals surface area contributed by atoms with E-state index >= 15 is 0 Å². The highest BCUT2D eigenvalue weighted by Gasteiger charge is 2.27. The Bertz CT molecular complexity index is 1040. The van der Waals surface area contributed by atoms with Crippen molar-refractivity contribution < 1.29 is 19.0 Å².